The van der Waals surface area contributed by atoms with E-state index in [0.717, 1.165) is 11.3 Å². The molecule has 1 aromatic carbocycles. The third kappa shape index (κ3) is 5.46. The molecule has 0 bridgehead atoms. The maximum absolute atomic E-state index is 13.3. The lowest BCUT2D eigenvalue weighted by molar-refractivity contribution is -0.143. The molecular formula is C22H32ClN5O4. The van der Waals surface area contributed by atoms with Gasteiger partial charge in [0.05, 0.1) is 24.5 Å². The first-order chi connectivity index (χ1) is 14.5. The number of hydrogen-bond acceptors (Lipinski definition) is 6. The molecule has 3 amide bonds. The van der Waals surface area contributed by atoms with Gasteiger partial charge in [-0.2, -0.15) is 5.10 Å². The second-order valence-corrected chi connectivity index (χ2v) is 8.97. The molecule has 0 aromatic heterocycles. The summed E-state index contributed by atoms with van der Waals surface area (Å²) in [5.74, 6) is -0.881. The molecule has 0 saturated carbocycles. The lowest BCUT2D eigenvalue weighted by atomic mass is 9.79. The molecular weight excluding hydrogens is 434 g/mol. The first kappa shape index (κ1) is 25.8. The smallest absolute Gasteiger partial charge is 0.255 e. The van der Waals surface area contributed by atoms with E-state index >= 15 is 0 Å². The number of nitrogens with one attached hydrogen (secondary N) is 1. The number of fused-ring (bicyclic) bond motifs is 1. The van der Waals surface area contributed by atoms with E-state index in [9.17, 15) is 14.4 Å². The van der Waals surface area contributed by atoms with Crippen LogP contribution in [-0.4, -0.2) is 71.7 Å². The van der Waals surface area contributed by atoms with Crippen LogP contribution in [0.5, 0.6) is 0 Å². The van der Waals surface area contributed by atoms with Gasteiger partial charge >= 0.3 is 0 Å². The van der Waals surface area contributed by atoms with E-state index in [-0.39, 0.29) is 37.4 Å². The van der Waals surface area contributed by atoms with Crippen molar-refractivity contribution in [2.75, 3.05) is 26.7 Å². The Hall–Kier alpha value is -2.49. The van der Waals surface area contributed by atoms with Gasteiger partial charge in [0, 0.05) is 26.6 Å². The van der Waals surface area contributed by atoms with Crippen LogP contribution in [0.1, 0.15) is 32.8 Å². The number of ether oxygens (including phenoxy) is 1. The average Bonchev–Trinajstić information content (AvgIpc) is 2.95. The number of carbonyl (C=O) groups is 3. The van der Waals surface area contributed by atoms with Gasteiger partial charge in [-0.1, -0.05) is 30.3 Å². The van der Waals surface area contributed by atoms with E-state index in [1.54, 1.807) is 32.7 Å². The van der Waals surface area contributed by atoms with E-state index < -0.39 is 22.9 Å². The van der Waals surface area contributed by atoms with Crippen LogP contribution in [0.25, 0.3) is 0 Å². The number of rotatable bonds is 7. The summed E-state index contributed by atoms with van der Waals surface area (Å²) >= 11 is 0. The predicted octanol–water partition coefficient (Wildman–Crippen LogP) is 0.914. The minimum atomic E-state index is -1.14. The number of nitrogens with zero attached hydrogens (tertiary/aromatic N) is 3. The Bertz CT molecular complexity index is 886. The number of benzene rings is 1. The molecule has 2 atom stereocenters. The third-order valence-electron chi connectivity index (χ3n) is 5.70. The predicted molar refractivity (Wildman–Crippen MR) is 123 cm³/mol. The first-order valence-electron chi connectivity index (χ1n) is 10.4. The van der Waals surface area contributed by atoms with Crippen LogP contribution in [0.2, 0.25) is 0 Å². The molecule has 1 saturated heterocycles. The number of halogens is 1. The van der Waals surface area contributed by atoms with Gasteiger partial charge in [0.25, 0.3) is 5.91 Å². The van der Waals surface area contributed by atoms with E-state index in [1.807, 2.05) is 30.3 Å². The van der Waals surface area contributed by atoms with Crippen molar-refractivity contribution in [2.45, 2.75) is 45.4 Å². The molecule has 2 aliphatic rings. The van der Waals surface area contributed by atoms with Crippen molar-refractivity contribution in [3.63, 3.8) is 0 Å². The fourth-order valence-electron chi connectivity index (χ4n) is 3.80. The lowest BCUT2D eigenvalue weighted by Crippen LogP contribution is -2.60. The van der Waals surface area contributed by atoms with Gasteiger partial charge < -0.3 is 20.7 Å². The summed E-state index contributed by atoms with van der Waals surface area (Å²) < 4.78 is 5.76. The zero-order valence-electron chi connectivity index (χ0n) is 19.0. The Morgan fingerprint density at radius 1 is 1.31 bits per heavy atom. The summed E-state index contributed by atoms with van der Waals surface area (Å²) in [6.07, 6.45) is 0.506. The number of nitrogens with two attached hydrogens (primary N) is 1. The summed E-state index contributed by atoms with van der Waals surface area (Å²) in [6, 6.07) is 8.66. The second kappa shape index (κ2) is 9.97. The summed E-state index contributed by atoms with van der Waals surface area (Å²) in [7, 11) is 1.62. The number of hydrogen-bond donors (Lipinski definition) is 2. The van der Waals surface area contributed by atoms with Crippen molar-refractivity contribution >= 4 is 35.8 Å². The molecule has 2 aliphatic heterocycles. The van der Waals surface area contributed by atoms with Gasteiger partial charge in [-0.05, 0) is 26.3 Å². The Labute approximate surface area is 194 Å². The second-order valence-electron chi connectivity index (χ2n) is 8.97. The van der Waals surface area contributed by atoms with Crippen LogP contribution in [-0.2, 0) is 25.7 Å². The number of amides is 3. The topological polar surface area (TPSA) is 117 Å². The maximum Gasteiger partial charge on any atom is 0.255 e. The van der Waals surface area contributed by atoms with Crippen molar-refractivity contribution in [3.05, 3.63) is 35.9 Å². The van der Waals surface area contributed by atoms with E-state index in [0.29, 0.717) is 19.6 Å². The van der Waals surface area contributed by atoms with Crippen molar-refractivity contribution in [1.29, 1.82) is 0 Å². The van der Waals surface area contributed by atoms with Crippen LogP contribution in [0.15, 0.2) is 35.4 Å². The number of carbonyl (C=O) groups excluding carboxylic acids is 3. The highest BCUT2D eigenvalue weighted by atomic mass is 35.5. The molecule has 1 fully saturated rings. The lowest BCUT2D eigenvalue weighted by Gasteiger charge is -2.38. The molecule has 32 heavy (non-hydrogen) atoms. The average molecular weight is 466 g/mol. The number of likely N-dealkylation sites (tertiary alicyclic amines) is 1. The van der Waals surface area contributed by atoms with Gasteiger partial charge in [0.15, 0.2) is 0 Å². The molecule has 2 unspecified atom stereocenters. The molecule has 10 heteroatoms. The minimum absolute atomic E-state index is 0. The van der Waals surface area contributed by atoms with Gasteiger partial charge in [0.1, 0.15) is 11.5 Å². The van der Waals surface area contributed by atoms with Crippen LogP contribution in [0.4, 0.5) is 0 Å². The van der Waals surface area contributed by atoms with Crippen molar-refractivity contribution < 1.29 is 19.1 Å². The molecule has 176 valence electrons. The van der Waals surface area contributed by atoms with Crippen LogP contribution < -0.4 is 11.1 Å². The van der Waals surface area contributed by atoms with Crippen LogP contribution in [0, 0.1) is 5.41 Å². The Morgan fingerprint density at radius 3 is 2.59 bits per heavy atom. The van der Waals surface area contributed by atoms with Crippen LogP contribution >= 0.6 is 12.4 Å². The zero-order valence-corrected chi connectivity index (χ0v) is 19.8. The molecule has 1 aromatic rings. The molecule has 3 rings (SSSR count). The SMILES string of the molecule is CN1N=C2CCN(C(=O)C(COCc3ccccc3)NC(=O)C(C)(C)N)CC2(C)C1=O.Cl. The standard InChI is InChI=1S/C22H31N5O4.ClH/c1-21(2,23)19(29)24-16(13-31-12-15-8-6-5-7-9-15)18(28)27-11-10-17-22(3,14-27)20(30)26(4)25-17;/h5-9,16H,10-14,23H2,1-4H3,(H,24,29);1H. The highest BCUT2D eigenvalue weighted by Crippen LogP contribution is 2.34. The van der Waals surface area contributed by atoms with Gasteiger partial charge in [-0.25, -0.2) is 5.01 Å². The molecule has 0 radical (unpaired) electrons. The normalized spacial score (nSPS) is 21.4. The third-order valence-corrected chi connectivity index (χ3v) is 5.70. The molecule has 0 spiro atoms. The highest BCUT2D eigenvalue weighted by Gasteiger charge is 2.50. The van der Waals surface area contributed by atoms with E-state index in [4.69, 9.17) is 10.5 Å². The largest absolute Gasteiger partial charge is 0.374 e. The summed E-state index contributed by atoms with van der Waals surface area (Å²) in [6.45, 7) is 5.90. The fraction of sp³-hybridized carbons (Fsp3) is 0.545. The maximum atomic E-state index is 13.3. The minimum Gasteiger partial charge on any atom is -0.374 e. The van der Waals surface area contributed by atoms with Gasteiger partial charge in [-0.15, -0.1) is 12.4 Å². The summed E-state index contributed by atoms with van der Waals surface area (Å²) in [5, 5.41) is 8.38. The van der Waals surface area contributed by atoms with Gasteiger partial charge in [0.2, 0.25) is 11.8 Å². The molecule has 2 heterocycles. The van der Waals surface area contributed by atoms with E-state index in [2.05, 4.69) is 10.4 Å². The van der Waals surface area contributed by atoms with Crippen molar-refractivity contribution in [1.82, 2.24) is 15.2 Å². The Balaban J connectivity index is 0.00000363. The van der Waals surface area contributed by atoms with Crippen molar-refractivity contribution in [3.8, 4) is 0 Å². The summed E-state index contributed by atoms with van der Waals surface area (Å²) in [5.41, 5.74) is 5.67. The zero-order chi connectivity index (χ0) is 22.8. The summed E-state index contributed by atoms with van der Waals surface area (Å²) in [4.78, 5) is 40.0. The molecule has 0 aliphatic carbocycles. The molecule has 9 nitrogen and oxygen atoms in total. The first-order valence-corrected chi connectivity index (χ1v) is 10.4. The fourth-order valence-corrected chi connectivity index (χ4v) is 3.80. The number of piperidine rings is 1. The Morgan fingerprint density at radius 2 is 1.97 bits per heavy atom. The van der Waals surface area contributed by atoms with Gasteiger partial charge in [-0.3, -0.25) is 14.4 Å². The van der Waals surface area contributed by atoms with Crippen molar-refractivity contribution in [2.24, 2.45) is 16.3 Å². The molecule has 3 N–H and O–H groups in total. The van der Waals surface area contributed by atoms with Crippen LogP contribution in [0.3, 0.4) is 0 Å². The Kier molecular flexibility index (Phi) is 8.03. The van der Waals surface area contributed by atoms with E-state index in [1.165, 1.54) is 5.01 Å². The monoisotopic (exact) mass is 465 g/mol. The quantitative estimate of drug-likeness (QED) is 0.620. The highest BCUT2D eigenvalue weighted by molar-refractivity contribution is 6.13. The number of hydrazone groups is 1.